The van der Waals surface area contributed by atoms with Gasteiger partial charge in [0.15, 0.2) is 11.5 Å². The molecule has 1 aliphatic carbocycles. The number of amides is 1. The van der Waals surface area contributed by atoms with Crippen molar-refractivity contribution in [3.05, 3.63) is 80.4 Å². The first-order valence-corrected chi connectivity index (χ1v) is 10.7. The molecule has 2 aliphatic rings. The Labute approximate surface area is 199 Å². The molecule has 33 heavy (non-hydrogen) atoms. The molecular weight excluding hydrogens is 467 g/mol. The highest BCUT2D eigenvalue weighted by Gasteiger charge is 2.39. The van der Waals surface area contributed by atoms with E-state index in [-0.39, 0.29) is 39.2 Å². The monoisotopic (exact) mass is 484 g/mol. The van der Waals surface area contributed by atoms with Crippen molar-refractivity contribution in [3.8, 4) is 5.75 Å². The lowest BCUT2D eigenvalue weighted by molar-refractivity contribution is -0.111. The smallest absolute Gasteiger partial charge is 0.335 e. The molecule has 4 rings (SSSR count). The Morgan fingerprint density at radius 1 is 1.09 bits per heavy atom. The van der Waals surface area contributed by atoms with Crippen LogP contribution < -0.4 is 5.32 Å². The zero-order valence-electron chi connectivity index (χ0n) is 17.6. The van der Waals surface area contributed by atoms with E-state index in [1.165, 1.54) is 36.4 Å². The van der Waals surface area contributed by atoms with E-state index in [1.807, 2.05) is 13.8 Å². The van der Waals surface area contributed by atoms with Gasteiger partial charge in [0.1, 0.15) is 0 Å². The van der Waals surface area contributed by atoms with Crippen LogP contribution in [0.4, 0.5) is 5.69 Å². The molecule has 0 bridgehead atoms. The van der Waals surface area contributed by atoms with Gasteiger partial charge in [-0.25, -0.2) is 9.79 Å². The number of carboxylic acid groups (broad SMARTS) is 1. The summed E-state index contributed by atoms with van der Waals surface area (Å²) in [5, 5.41) is 22.0. The highest BCUT2D eigenvalue weighted by molar-refractivity contribution is 6.38. The number of aromatic carboxylic acids is 1. The molecule has 0 spiro atoms. The van der Waals surface area contributed by atoms with Gasteiger partial charge < -0.3 is 15.5 Å². The normalized spacial score (nSPS) is 16.1. The van der Waals surface area contributed by atoms with Crippen LogP contribution in [0.25, 0.3) is 0 Å². The second kappa shape index (κ2) is 8.17. The summed E-state index contributed by atoms with van der Waals surface area (Å²) in [4.78, 5) is 40.8. The van der Waals surface area contributed by atoms with Gasteiger partial charge in [-0.05, 0) is 48.1 Å². The fourth-order valence-corrected chi connectivity index (χ4v) is 4.61. The number of benzene rings is 2. The highest BCUT2D eigenvalue weighted by atomic mass is 35.5. The largest absolute Gasteiger partial charge is 0.505 e. The van der Waals surface area contributed by atoms with Crippen molar-refractivity contribution in [3.63, 3.8) is 0 Å². The van der Waals surface area contributed by atoms with Crippen LogP contribution in [0.15, 0.2) is 58.6 Å². The molecule has 0 atom stereocenters. The third-order valence-electron chi connectivity index (χ3n) is 5.72. The van der Waals surface area contributed by atoms with E-state index >= 15 is 0 Å². The number of fused-ring (bicyclic) bond motifs is 2. The second-order valence-corrected chi connectivity index (χ2v) is 8.98. The summed E-state index contributed by atoms with van der Waals surface area (Å²) < 4.78 is 0. The lowest BCUT2D eigenvalue weighted by atomic mass is 9.70. The Bertz CT molecular complexity index is 1320. The number of rotatable bonds is 4. The van der Waals surface area contributed by atoms with E-state index in [0.29, 0.717) is 28.1 Å². The van der Waals surface area contributed by atoms with Gasteiger partial charge >= 0.3 is 5.97 Å². The zero-order chi connectivity index (χ0) is 24.1. The first-order chi connectivity index (χ1) is 15.5. The number of halogens is 2. The van der Waals surface area contributed by atoms with Gasteiger partial charge in [-0.1, -0.05) is 37.0 Å². The number of carboxylic acids is 1. The Morgan fingerprint density at radius 2 is 1.73 bits per heavy atom. The van der Waals surface area contributed by atoms with E-state index in [9.17, 15) is 19.5 Å². The molecule has 0 aromatic heterocycles. The number of aromatic hydroxyl groups is 1. The minimum Gasteiger partial charge on any atom is -0.505 e. The maximum atomic E-state index is 12.8. The number of nitrogens with zero attached hydrogens (tertiary/aromatic N) is 1. The number of allylic oxidation sites excluding steroid dienone is 3. The minimum atomic E-state index is -1.09. The van der Waals surface area contributed by atoms with Gasteiger partial charge in [-0.15, -0.1) is 0 Å². The van der Waals surface area contributed by atoms with Crippen molar-refractivity contribution in [2.75, 3.05) is 6.54 Å². The number of nitrogens with one attached hydrogen (secondary N) is 1. The minimum absolute atomic E-state index is 0.0362. The third-order valence-corrected chi connectivity index (χ3v) is 6.38. The zero-order valence-corrected chi connectivity index (χ0v) is 19.1. The molecule has 9 heteroatoms. The van der Waals surface area contributed by atoms with Crippen LogP contribution in [0.5, 0.6) is 5.75 Å². The van der Waals surface area contributed by atoms with Crippen molar-refractivity contribution in [2.24, 2.45) is 4.99 Å². The molecule has 2 aromatic carbocycles. The molecule has 1 amide bonds. The van der Waals surface area contributed by atoms with Crippen LogP contribution >= 0.6 is 23.2 Å². The molecule has 2 aromatic rings. The number of hydrogen-bond donors (Lipinski definition) is 3. The number of phenolic OH excluding ortho intramolecular Hbond substituents is 1. The molecule has 3 N–H and O–H groups in total. The molecule has 0 unspecified atom stereocenters. The Balaban J connectivity index is 1.61. The first kappa shape index (κ1) is 22.8. The first-order valence-electron chi connectivity index (χ1n) is 9.90. The molecule has 7 nitrogen and oxygen atoms in total. The average Bonchev–Trinajstić information content (AvgIpc) is 2.76. The van der Waals surface area contributed by atoms with E-state index in [1.54, 1.807) is 6.08 Å². The third kappa shape index (κ3) is 3.94. The van der Waals surface area contributed by atoms with Gasteiger partial charge in [-0.3, -0.25) is 9.59 Å². The highest BCUT2D eigenvalue weighted by Crippen LogP contribution is 2.51. The number of phenols is 1. The van der Waals surface area contributed by atoms with Gasteiger partial charge in [0, 0.05) is 28.7 Å². The lowest BCUT2D eigenvalue weighted by Gasteiger charge is -2.36. The average molecular weight is 485 g/mol. The van der Waals surface area contributed by atoms with Crippen molar-refractivity contribution in [1.82, 2.24) is 5.32 Å². The second-order valence-electron chi connectivity index (χ2n) is 8.19. The van der Waals surface area contributed by atoms with E-state index in [2.05, 4.69) is 10.3 Å². The molecule has 0 saturated carbocycles. The quantitative estimate of drug-likeness (QED) is 0.547. The Morgan fingerprint density at radius 3 is 2.36 bits per heavy atom. The molecule has 0 fully saturated rings. The van der Waals surface area contributed by atoms with E-state index < -0.39 is 17.3 Å². The summed E-state index contributed by atoms with van der Waals surface area (Å²) in [6, 6.07) is 7.00. The maximum absolute atomic E-state index is 12.8. The van der Waals surface area contributed by atoms with Crippen molar-refractivity contribution in [2.45, 2.75) is 19.3 Å². The van der Waals surface area contributed by atoms with Gasteiger partial charge in [0.25, 0.3) is 5.91 Å². The van der Waals surface area contributed by atoms with Gasteiger partial charge in [0.2, 0.25) is 0 Å². The summed E-state index contributed by atoms with van der Waals surface area (Å²) in [5.74, 6) is -2.04. The Kier molecular flexibility index (Phi) is 5.64. The number of carbonyl (C=O) groups excluding carboxylic acids is 2. The van der Waals surface area contributed by atoms with Gasteiger partial charge in [-0.2, -0.15) is 0 Å². The maximum Gasteiger partial charge on any atom is 0.335 e. The number of ketones is 1. The topological polar surface area (TPSA) is 116 Å². The SMILES string of the molecule is CC1(C)C2=CC(=O)C(CNC(=O)c3ccc(C(=O)O)cc3)=CC2=Nc2cc(Cl)c(O)c(Cl)c21. The number of aliphatic imine (C=N–C) groups is 1. The van der Waals surface area contributed by atoms with Crippen LogP contribution in [0.1, 0.15) is 40.1 Å². The summed E-state index contributed by atoms with van der Waals surface area (Å²) in [7, 11) is 0. The van der Waals surface area contributed by atoms with Crippen molar-refractivity contribution < 1.29 is 24.6 Å². The standard InChI is InChI=1S/C24H18Cl2N2O5/c1-24(2)14-8-18(29)13(10-27-22(31)11-3-5-12(6-4-11)23(32)33)7-16(14)28-17-9-15(25)21(30)20(26)19(17)24/h3-9,30H,10H2,1-2H3,(H,27,31)(H,32,33). The summed E-state index contributed by atoms with van der Waals surface area (Å²) in [6.45, 7) is 3.71. The van der Waals surface area contributed by atoms with Crippen LogP contribution in [0.2, 0.25) is 10.0 Å². The van der Waals surface area contributed by atoms with Gasteiger partial charge in [0.05, 0.1) is 27.0 Å². The lowest BCUT2D eigenvalue weighted by Crippen LogP contribution is -2.34. The summed E-state index contributed by atoms with van der Waals surface area (Å²) in [6.07, 6.45) is 3.08. The molecule has 0 radical (unpaired) electrons. The Hall–Kier alpha value is -3.42. The van der Waals surface area contributed by atoms with E-state index in [0.717, 1.165) is 0 Å². The van der Waals surface area contributed by atoms with E-state index in [4.69, 9.17) is 28.3 Å². The molecule has 1 aliphatic heterocycles. The molecular formula is C24H18Cl2N2O5. The molecule has 168 valence electrons. The summed E-state index contributed by atoms with van der Waals surface area (Å²) >= 11 is 12.4. The predicted molar refractivity (Wildman–Crippen MR) is 125 cm³/mol. The fraction of sp³-hybridized carbons (Fsp3) is 0.167. The molecule has 0 saturated heterocycles. The van der Waals surface area contributed by atoms with Crippen LogP contribution in [0, 0.1) is 0 Å². The number of carbonyl (C=O) groups is 3. The van der Waals surface area contributed by atoms with Crippen molar-refractivity contribution >= 4 is 52.3 Å². The van der Waals surface area contributed by atoms with Crippen LogP contribution in [-0.4, -0.2) is 40.1 Å². The van der Waals surface area contributed by atoms with Crippen LogP contribution in [0.3, 0.4) is 0 Å². The molecule has 1 heterocycles. The summed E-state index contributed by atoms with van der Waals surface area (Å²) in [5.41, 5.74) is 2.20. The number of hydrogen-bond acceptors (Lipinski definition) is 5. The fourth-order valence-electron chi connectivity index (χ4n) is 3.93. The van der Waals surface area contributed by atoms with Crippen LogP contribution in [-0.2, 0) is 10.2 Å². The van der Waals surface area contributed by atoms with Crippen molar-refractivity contribution in [1.29, 1.82) is 0 Å². The predicted octanol–water partition coefficient (Wildman–Crippen LogP) is 4.63.